The van der Waals surface area contributed by atoms with E-state index in [0.717, 1.165) is 22.0 Å². The summed E-state index contributed by atoms with van der Waals surface area (Å²) in [6.07, 6.45) is 0. The van der Waals surface area contributed by atoms with Gasteiger partial charge in [0.1, 0.15) is 0 Å². The van der Waals surface area contributed by atoms with E-state index in [-0.39, 0.29) is 11.5 Å². The Morgan fingerprint density at radius 3 is 2.22 bits per heavy atom. The maximum Gasteiger partial charge on any atom is 0.201 e. The van der Waals surface area contributed by atoms with Crippen LogP contribution in [-0.2, 0) is 0 Å². The van der Waals surface area contributed by atoms with Gasteiger partial charge in [0.2, 0.25) is 5.75 Å². The van der Waals surface area contributed by atoms with Gasteiger partial charge in [0.05, 0.1) is 10.9 Å². The number of aromatic hydroxyl groups is 3. The lowest BCUT2D eigenvalue weighted by Gasteiger charge is -2.04. The average molecular weight is 243 g/mol. The molecule has 4 nitrogen and oxygen atoms in total. The highest BCUT2D eigenvalue weighted by Crippen LogP contribution is 2.44. The molecule has 3 aromatic rings. The van der Waals surface area contributed by atoms with Crippen LogP contribution in [0.1, 0.15) is 11.1 Å². The number of aromatic amines is 1. The second-order valence-corrected chi connectivity index (χ2v) is 4.64. The first-order chi connectivity index (χ1) is 8.49. The van der Waals surface area contributed by atoms with Crippen LogP contribution in [0.2, 0.25) is 0 Å². The van der Waals surface area contributed by atoms with E-state index >= 15 is 0 Å². The third kappa shape index (κ3) is 1.26. The van der Waals surface area contributed by atoms with Crippen molar-refractivity contribution in [3.8, 4) is 17.2 Å². The van der Waals surface area contributed by atoms with Crippen molar-refractivity contribution in [3.05, 3.63) is 29.3 Å². The number of aryl methyl sites for hydroxylation is 2. The molecule has 0 spiro atoms. The zero-order valence-corrected chi connectivity index (χ0v) is 10.1. The lowest BCUT2D eigenvalue weighted by molar-refractivity contribution is 0.371. The molecule has 4 heteroatoms. The Kier molecular flexibility index (Phi) is 1.99. The molecular formula is C14H13NO3. The van der Waals surface area contributed by atoms with Crippen molar-refractivity contribution in [2.75, 3.05) is 0 Å². The predicted octanol–water partition coefficient (Wildman–Crippen LogP) is 3.05. The fourth-order valence-electron chi connectivity index (χ4n) is 2.54. The molecule has 4 N–H and O–H groups in total. The number of H-pyrrole nitrogens is 1. The van der Waals surface area contributed by atoms with Gasteiger partial charge in [-0.15, -0.1) is 0 Å². The molecule has 0 aliphatic heterocycles. The van der Waals surface area contributed by atoms with Gasteiger partial charge in [-0.1, -0.05) is 6.07 Å². The standard InChI is InChI=1S/C14H13NO3/c1-6-3-7(2)11-8(4-6)15-9-5-10(16)13(17)14(18)12(9)11/h3-5,15-18H,1-2H3. The molecule has 2 aromatic carbocycles. The van der Waals surface area contributed by atoms with E-state index in [1.807, 2.05) is 26.0 Å². The molecule has 0 aliphatic carbocycles. The molecule has 0 bridgehead atoms. The maximum absolute atomic E-state index is 9.99. The SMILES string of the molecule is Cc1cc(C)c2c(c1)[nH]c1cc(O)c(O)c(O)c12. The summed E-state index contributed by atoms with van der Waals surface area (Å²) in [7, 11) is 0. The fourth-order valence-corrected chi connectivity index (χ4v) is 2.54. The number of fused-ring (bicyclic) bond motifs is 3. The van der Waals surface area contributed by atoms with Crippen molar-refractivity contribution in [1.29, 1.82) is 0 Å². The van der Waals surface area contributed by atoms with Crippen molar-refractivity contribution in [1.82, 2.24) is 4.98 Å². The van der Waals surface area contributed by atoms with Crippen LogP contribution < -0.4 is 0 Å². The lowest BCUT2D eigenvalue weighted by atomic mass is 10.0. The first-order valence-electron chi connectivity index (χ1n) is 5.65. The van der Waals surface area contributed by atoms with Gasteiger partial charge < -0.3 is 20.3 Å². The summed E-state index contributed by atoms with van der Waals surface area (Å²) in [6.45, 7) is 3.94. The summed E-state index contributed by atoms with van der Waals surface area (Å²) in [4.78, 5) is 3.14. The highest BCUT2D eigenvalue weighted by Gasteiger charge is 2.17. The summed E-state index contributed by atoms with van der Waals surface area (Å²) in [5.74, 6) is -1.10. The molecule has 0 atom stereocenters. The molecule has 0 aliphatic rings. The van der Waals surface area contributed by atoms with Gasteiger partial charge in [0.25, 0.3) is 0 Å². The van der Waals surface area contributed by atoms with Crippen LogP contribution in [0.3, 0.4) is 0 Å². The number of nitrogens with one attached hydrogen (secondary N) is 1. The fraction of sp³-hybridized carbons (Fsp3) is 0.143. The average Bonchev–Trinajstić information content (AvgIpc) is 2.64. The zero-order valence-electron chi connectivity index (χ0n) is 10.1. The number of hydrogen-bond acceptors (Lipinski definition) is 3. The van der Waals surface area contributed by atoms with Crippen LogP contribution in [0.15, 0.2) is 18.2 Å². The number of benzene rings is 2. The van der Waals surface area contributed by atoms with Crippen molar-refractivity contribution < 1.29 is 15.3 Å². The maximum atomic E-state index is 9.99. The minimum absolute atomic E-state index is 0.289. The third-order valence-corrected chi connectivity index (χ3v) is 3.25. The van der Waals surface area contributed by atoms with Crippen LogP contribution in [-0.4, -0.2) is 20.3 Å². The van der Waals surface area contributed by atoms with E-state index < -0.39 is 5.75 Å². The van der Waals surface area contributed by atoms with Crippen LogP contribution in [0.4, 0.5) is 0 Å². The Morgan fingerprint density at radius 1 is 0.833 bits per heavy atom. The number of phenolic OH excluding ortho intramolecular Hbond substituents is 3. The quantitative estimate of drug-likeness (QED) is 0.458. The van der Waals surface area contributed by atoms with Crippen LogP contribution in [0.5, 0.6) is 17.2 Å². The molecule has 1 heterocycles. The van der Waals surface area contributed by atoms with Crippen molar-refractivity contribution >= 4 is 21.8 Å². The van der Waals surface area contributed by atoms with Gasteiger partial charge in [-0.25, -0.2) is 0 Å². The Morgan fingerprint density at radius 2 is 1.50 bits per heavy atom. The minimum atomic E-state index is -0.483. The first kappa shape index (κ1) is 10.8. The molecule has 1 aromatic heterocycles. The molecule has 3 rings (SSSR count). The van der Waals surface area contributed by atoms with E-state index in [9.17, 15) is 15.3 Å². The largest absolute Gasteiger partial charge is 0.504 e. The van der Waals surface area contributed by atoms with Crippen molar-refractivity contribution in [2.24, 2.45) is 0 Å². The summed E-state index contributed by atoms with van der Waals surface area (Å²) in [5, 5.41) is 30.5. The molecule has 0 fully saturated rings. The highest BCUT2D eigenvalue weighted by molar-refractivity contribution is 6.13. The molecule has 0 saturated carbocycles. The smallest absolute Gasteiger partial charge is 0.201 e. The molecular weight excluding hydrogens is 230 g/mol. The molecule has 18 heavy (non-hydrogen) atoms. The van der Waals surface area contributed by atoms with Crippen LogP contribution >= 0.6 is 0 Å². The molecule has 0 amide bonds. The second-order valence-electron chi connectivity index (χ2n) is 4.64. The van der Waals surface area contributed by atoms with Gasteiger partial charge in [-0.3, -0.25) is 0 Å². The molecule has 0 saturated heterocycles. The van der Waals surface area contributed by atoms with Gasteiger partial charge >= 0.3 is 0 Å². The topological polar surface area (TPSA) is 76.5 Å². The van der Waals surface area contributed by atoms with E-state index in [1.165, 1.54) is 6.07 Å². The normalized spacial score (nSPS) is 11.4. The van der Waals surface area contributed by atoms with Gasteiger partial charge in [0, 0.05) is 17.0 Å². The van der Waals surface area contributed by atoms with E-state index in [0.29, 0.717) is 10.9 Å². The van der Waals surface area contributed by atoms with E-state index in [1.54, 1.807) is 0 Å². The van der Waals surface area contributed by atoms with E-state index in [4.69, 9.17) is 0 Å². The summed E-state index contributed by atoms with van der Waals surface area (Å²) >= 11 is 0. The molecule has 92 valence electrons. The van der Waals surface area contributed by atoms with Crippen LogP contribution in [0, 0.1) is 13.8 Å². The minimum Gasteiger partial charge on any atom is -0.504 e. The summed E-state index contributed by atoms with van der Waals surface area (Å²) < 4.78 is 0. The highest BCUT2D eigenvalue weighted by atomic mass is 16.3. The van der Waals surface area contributed by atoms with Gasteiger partial charge in [-0.2, -0.15) is 0 Å². The number of phenols is 3. The third-order valence-electron chi connectivity index (χ3n) is 3.25. The van der Waals surface area contributed by atoms with Crippen molar-refractivity contribution in [3.63, 3.8) is 0 Å². The van der Waals surface area contributed by atoms with Crippen molar-refractivity contribution in [2.45, 2.75) is 13.8 Å². The second kappa shape index (κ2) is 3.32. The van der Waals surface area contributed by atoms with Gasteiger partial charge in [0.15, 0.2) is 11.5 Å². The number of hydrogen-bond donors (Lipinski definition) is 4. The Labute approximate surface area is 103 Å². The van der Waals surface area contributed by atoms with E-state index in [2.05, 4.69) is 4.98 Å². The summed E-state index contributed by atoms with van der Waals surface area (Å²) in [6, 6.07) is 5.40. The van der Waals surface area contributed by atoms with Crippen LogP contribution in [0.25, 0.3) is 21.8 Å². The Balaban J connectivity index is 2.62. The van der Waals surface area contributed by atoms with Gasteiger partial charge in [-0.05, 0) is 31.0 Å². The predicted molar refractivity (Wildman–Crippen MR) is 70.3 cm³/mol. The lowest BCUT2D eigenvalue weighted by Crippen LogP contribution is -1.79. The Bertz CT molecular complexity index is 787. The molecule has 0 unspecified atom stereocenters. The number of aromatic nitrogens is 1. The zero-order chi connectivity index (χ0) is 13.0. The summed E-state index contributed by atoms with van der Waals surface area (Å²) in [5.41, 5.74) is 3.60. The monoisotopic (exact) mass is 243 g/mol. The Hall–Kier alpha value is -2.36. The molecule has 0 radical (unpaired) electrons. The first-order valence-corrected chi connectivity index (χ1v) is 5.65. The number of rotatable bonds is 0.